The molecule has 0 unspecified atom stereocenters. The lowest BCUT2D eigenvalue weighted by molar-refractivity contribution is -0.147. The third-order valence-corrected chi connectivity index (χ3v) is 4.80. The molecule has 0 aliphatic heterocycles. The highest BCUT2D eigenvalue weighted by atomic mass is 16.5. The van der Waals surface area contributed by atoms with Crippen molar-refractivity contribution < 1.29 is 14.3 Å². The molecule has 0 bridgehead atoms. The molecule has 0 radical (unpaired) electrons. The van der Waals surface area contributed by atoms with Crippen LogP contribution in [0.5, 0.6) is 5.75 Å². The van der Waals surface area contributed by atoms with Gasteiger partial charge in [0, 0.05) is 12.3 Å². The highest BCUT2D eigenvalue weighted by Crippen LogP contribution is 2.36. The maximum Gasteiger partial charge on any atom is 0.256 e. The zero-order valence-electron chi connectivity index (χ0n) is 15.7. The van der Waals surface area contributed by atoms with E-state index in [1.807, 2.05) is 39.8 Å². The topological polar surface area (TPSA) is 47.6 Å². The fourth-order valence-corrected chi connectivity index (χ4v) is 3.82. The number of rotatable bonds is 6. The molecule has 1 aliphatic rings. The van der Waals surface area contributed by atoms with Crippen molar-refractivity contribution in [1.82, 2.24) is 0 Å². The normalized spacial score (nSPS) is 23.8. The number of carbonyl (C=O) groups excluding carboxylic acids is 1. The third kappa shape index (κ3) is 4.10. The minimum atomic E-state index is -0.688. The van der Waals surface area contributed by atoms with Crippen LogP contribution < -0.4 is 10.1 Å². The Morgan fingerprint density at radius 3 is 2.46 bits per heavy atom. The molecule has 1 amide bonds. The molecule has 2 atom stereocenters. The van der Waals surface area contributed by atoms with Crippen LogP contribution in [0.3, 0.4) is 0 Å². The molecule has 0 aromatic heterocycles. The Labute approximate surface area is 145 Å². The first-order valence-corrected chi connectivity index (χ1v) is 9.11. The van der Waals surface area contributed by atoms with E-state index in [0.29, 0.717) is 19.1 Å². The van der Waals surface area contributed by atoms with E-state index in [4.69, 9.17) is 9.47 Å². The fraction of sp³-hybridized carbons (Fsp3) is 0.650. The number of carbonyl (C=O) groups is 1. The van der Waals surface area contributed by atoms with Crippen LogP contribution >= 0.6 is 0 Å². The van der Waals surface area contributed by atoms with Gasteiger partial charge in [-0.1, -0.05) is 13.3 Å². The third-order valence-electron chi connectivity index (χ3n) is 4.80. The number of nitrogens with one attached hydrogen (secondary N) is 1. The van der Waals surface area contributed by atoms with Crippen molar-refractivity contribution in [2.24, 2.45) is 5.92 Å². The Morgan fingerprint density at radius 1 is 1.25 bits per heavy atom. The van der Waals surface area contributed by atoms with Gasteiger partial charge in [0.15, 0.2) is 0 Å². The van der Waals surface area contributed by atoms with Crippen molar-refractivity contribution in [3.8, 4) is 5.75 Å². The summed E-state index contributed by atoms with van der Waals surface area (Å²) in [5.74, 6) is 1.40. The molecule has 1 aliphatic carbocycles. The molecule has 1 N–H and O–H groups in total. The van der Waals surface area contributed by atoms with Gasteiger partial charge < -0.3 is 14.8 Å². The van der Waals surface area contributed by atoms with Gasteiger partial charge in [-0.3, -0.25) is 4.79 Å². The first-order valence-electron chi connectivity index (χ1n) is 9.11. The van der Waals surface area contributed by atoms with Crippen molar-refractivity contribution >= 4 is 11.6 Å². The number of anilines is 1. The summed E-state index contributed by atoms with van der Waals surface area (Å²) >= 11 is 0. The number of ether oxygens (including phenoxy) is 2. The van der Waals surface area contributed by atoms with Crippen molar-refractivity contribution in [2.45, 2.75) is 65.9 Å². The summed E-state index contributed by atoms with van der Waals surface area (Å²) in [5, 5.41) is 3.09. The van der Waals surface area contributed by atoms with Crippen molar-refractivity contribution in [2.75, 3.05) is 18.5 Å². The first-order chi connectivity index (χ1) is 11.4. The largest absolute Gasteiger partial charge is 0.493 e. The Balaban J connectivity index is 2.21. The average molecular weight is 333 g/mol. The molecule has 4 nitrogen and oxygen atoms in total. The SMILES string of the molecule is CCOc1c(C)cc(NC(=O)[C@@]2(OCC)CCC[C@@H](C)C2)cc1C. The van der Waals surface area contributed by atoms with Gasteiger partial charge in [-0.25, -0.2) is 0 Å². The van der Waals surface area contributed by atoms with Crippen LogP contribution in [0, 0.1) is 19.8 Å². The summed E-state index contributed by atoms with van der Waals surface area (Å²) in [6, 6.07) is 3.95. The predicted molar refractivity (Wildman–Crippen MR) is 97.7 cm³/mol. The van der Waals surface area contributed by atoms with Crippen LogP contribution in [0.15, 0.2) is 12.1 Å². The number of hydrogen-bond donors (Lipinski definition) is 1. The second-order valence-electron chi connectivity index (χ2n) is 6.96. The van der Waals surface area contributed by atoms with E-state index in [2.05, 4.69) is 12.2 Å². The Hall–Kier alpha value is -1.55. The zero-order valence-corrected chi connectivity index (χ0v) is 15.7. The fourth-order valence-electron chi connectivity index (χ4n) is 3.82. The lowest BCUT2D eigenvalue weighted by atomic mass is 9.78. The van der Waals surface area contributed by atoms with E-state index in [9.17, 15) is 4.79 Å². The summed E-state index contributed by atoms with van der Waals surface area (Å²) < 4.78 is 11.6. The molecule has 0 spiro atoms. The molecule has 1 aromatic rings. The quantitative estimate of drug-likeness (QED) is 0.826. The second-order valence-corrected chi connectivity index (χ2v) is 6.96. The molecule has 0 heterocycles. The average Bonchev–Trinajstić information content (AvgIpc) is 2.51. The summed E-state index contributed by atoms with van der Waals surface area (Å²) in [6.45, 7) is 11.3. The summed E-state index contributed by atoms with van der Waals surface area (Å²) in [5.41, 5.74) is 2.20. The molecule has 4 heteroatoms. The van der Waals surface area contributed by atoms with E-state index in [1.165, 1.54) is 6.42 Å². The van der Waals surface area contributed by atoms with Crippen LogP contribution in [0.1, 0.15) is 57.6 Å². The molecule has 24 heavy (non-hydrogen) atoms. The summed E-state index contributed by atoms with van der Waals surface area (Å²) in [7, 11) is 0. The Morgan fingerprint density at radius 2 is 1.92 bits per heavy atom. The second kappa shape index (κ2) is 8.02. The van der Waals surface area contributed by atoms with Gasteiger partial charge in [0.25, 0.3) is 5.91 Å². The maximum absolute atomic E-state index is 13.0. The minimum absolute atomic E-state index is 0.0149. The summed E-state index contributed by atoms with van der Waals surface area (Å²) in [6.07, 6.45) is 3.80. The molecular weight excluding hydrogens is 302 g/mol. The smallest absolute Gasteiger partial charge is 0.256 e. The van der Waals surface area contributed by atoms with Gasteiger partial charge in [-0.2, -0.15) is 0 Å². The van der Waals surface area contributed by atoms with E-state index >= 15 is 0 Å². The van der Waals surface area contributed by atoms with E-state index in [0.717, 1.165) is 41.8 Å². The molecular formula is C20H31NO3. The molecule has 1 saturated carbocycles. The standard InChI is InChI=1S/C20H31NO3/c1-6-23-18-15(4)11-17(12-16(18)5)21-19(22)20(24-7-2)10-8-9-14(3)13-20/h11-12,14H,6-10,13H2,1-5H3,(H,21,22)/t14-,20-/m1/s1. The van der Waals surface area contributed by atoms with E-state index in [-0.39, 0.29) is 5.91 Å². The van der Waals surface area contributed by atoms with Gasteiger partial charge in [0.1, 0.15) is 11.4 Å². The lowest BCUT2D eigenvalue weighted by Gasteiger charge is -2.38. The lowest BCUT2D eigenvalue weighted by Crippen LogP contribution is -2.48. The molecule has 134 valence electrons. The molecule has 2 rings (SSSR count). The zero-order chi connectivity index (χ0) is 17.7. The van der Waals surface area contributed by atoms with Crippen LogP contribution in [-0.2, 0) is 9.53 Å². The van der Waals surface area contributed by atoms with Crippen molar-refractivity contribution in [1.29, 1.82) is 0 Å². The number of benzene rings is 1. The van der Waals surface area contributed by atoms with Gasteiger partial charge in [-0.15, -0.1) is 0 Å². The summed E-state index contributed by atoms with van der Waals surface area (Å²) in [4.78, 5) is 13.0. The monoisotopic (exact) mass is 333 g/mol. The molecule has 1 aromatic carbocycles. The molecule has 0 saturated heterocycles. The molecule has 1 fully saturated rings. The minimum Gasteiger partial charge on any atom is -0.493 e. The highest BCUT2D eigenvalue weighted by molar-refractivity contribution is 5.97. The Bertz CT molecular complexity index is 557. The van der Waals surface area contributed by atoms with Crippen LogP contribution in [-0.4, -0.2) is 24.7 Å². The van der Waals surface area contributed by atoms with E-state index < -0.39 is 5.60 Å². The highest BCUT2D eigenvalue weighted by Gasteiger charge is 2.42. The first kappa shape index (κ1) is 18.8. The van der Waals surface area contributed by atoms with Crippen LogP contribution in [0.4, 0.5) is 5.69 Å². The van der Waals surface area contributed by atoms with Gasteiger partial charge in [-0.05, 0) is 76.1 Å². The van der Waals surface area contributed by atoms with Gasteiger partial charge >= 0.3 is 0 Å². The maximum atomic E-state index is 13.0. The Kier molecular flexibility index (Phi) is 6.27. The van der Waals surface area contributed by atoms with Crippen molar-refractivity contribution in [3.05, 3.63) is 23.3 Å². The van der Waals surface area contributed by atoms with Crippen LogP contribution in [0.25, 0.3) is 0 Å². The van der Waals surface area contributed by atoms with Crippen molar-refractivity contribution in [3.63, 3.8) is 0 Å². The number of hydrogen-bond acceptors (Lipinski definition) is 3. The predicted octanol–water partition coefficient (Wildman–Crippen LogP) is 4.63. The van der Waals surface area contributed by atoms with Gasteiger partial charge in [0.2, 0.25) is 0 Å². The number of aryl methyl sites for hydroxylation is 2. The number of amides is 1. The van der Waals surface area contributed by atoms with Gasteiger partial charge in [0.05, 0.1) is 6.61 Å². The van der Waals surface area contributed by atoms with E-state index in [1.54, 1.807) is 0 Å². The van der Waals surface area contributed by atoms with Crippen LogP contribution in [0.2, 0.25) is 0 Å².